The molecule has 0 unspecified atom stereocenters. The number of rotatable bonds is 5. The highest BCUT2D eigenvalue weighted by Gasteiger charge is 2.19. The van der Waals surface area contributed by atoms with E-state index in [2.05, 4.69) is 10.6 Å². The normalized spacial score (nSPS) is 12.8. The Hall–Kier alpha value is -4.13. The molecule has 0 aliphatic carbocycles. The molecule has 5 rings (SSSR count). The predicted octanol–water partition coefficient (Wildman–Crippen LogP) is 4.97. The van der Waals surface area contributed by atoms with Gasteiger partial charge in [-0.25, -0.2) is 4.39 Å². The number of amides is 2. The molecule has 0 atom stereocenters. The van der Waals surface area contributed by atoms with E-state index in [4.69, 9.17) is 4.74 Å². The molecule has 1 aromatic heterocycles. The summed E-state index contributed by atoms with van der Waals surface area (Å²) < 4.78 is 20.7. The van der Waals surface area contributed by atoms with Gasteiger partial charge in [0.2, 0.25) is 5.91 Å². The number of nitrogens with zero attached hydrogens (tertiary/aromatic N) is 1. The van der Waals surface area contributed by atoms with E-state index in [1.54, 1.807) is 25.3 Å². The number of carbonyl (C=O) groups is 2. The van der Waals surface area contributed by atoms with Crippen LogP contribution in [0.15, 0.2) is 66.7 Å². The van der Waals surface area contributed by atoms with E-state index >= 15 is 0 Å². The molecule has 2 N–H and O–H groups in total. The van der Waals surface area contributed by atoms with Gasteiger partial charge in [0.1, 0.15) is 17.3 Å². The predicted molar refractivity (Wildman–Crippen MR) is 125 cm³/mol. The SMILES string of the molecule is COc1ccc2cc(C(=O)Nc3ccc4c(c3)NC(=O)CC4)n(Cc3ccc(F)cc3)c2c1. The van der Waals surface area contributed by atoms with Crippen molar-refractivity contribution in [3.05, 3.63) is 89.4 Å². The van der Waals surface area contributed by atoms with Crippen molar-refractivity contribution < 1.29 is 18.7 Å². The van der Waals surface area contributed by atoms with Crippen LogP contribution in [0, 0.1) is 5.82 Å². The Kier molecular flexibility index (Phi) is 5.30. The minimum atomic E-state index is -0.310. The Bertz CT molecular complexity index is 1380. The molecule has 0 fully saturated rings. The summed E-state index contributed by atoms with van der Waals surface area (Å²) in [5.41, 5.74) is 4.52. The van der Waals surface area contributed by atoms with E-state index in [9.17, 15) is 14.0 Å². The number of ether oxygens (including phenoxy) is 1. The zero-order chi connectivity index (χ0) is 22.9. The van der Waals surface area contributed by atoms with Gasteiger partial charge in [0.15, 0.2) is 0 Å². The van der Waals surface area contributed by atoms with Gasteiger partial charge in [-0.15, -0.1) is 0 Å². The van der Waals surface area contributed by atoms with Crippen LogP contribution < -0.4 is 15.4 Å². The summed E-state index contributed by atoms with van der Waals surface area (Å²) in [7, 11) is 1.59. The molecule has 0 saturated heterocycles. The first-order valence-electron chi connectivity index (χ1n) is 10.7. The summed E-state index contributed by atoms with van der Waals surface area (Å²) >= 11 is 0. The van der Waals surface area contributed by atoms with Gasteiger partial charge in [-0.3, -0.25) is 9.59 Å². The number of nitrogens with one attached hydrogen (secondary N) is 2. The van der Waals surface area contributed by atoms with Gasteiger partial charge in [0.05, 0.1) is 12.6 Å². The van der Waals surface area contributed by atoms with Crippen LogP contribution in [-0.2, 0) is 17.8 Å². The minimum absolute atomic E-state index is 0.0284. The molecule has 0 saturated carbocycles. The maximum atomic E-state index is 13.4. The number of fused-ring (bicyclic) bond motifs is 2. The highest BCUT2D eigenvalue weighted by Crippen LogP contribution is 2.29. The lowest BCUT2D eigenvalue weighted by Gasteiger charge is -2.18. The van der Waals surface area contributed by atoms with Crippen LogP contribution >= 0.6 is 0 Å². The van der Waals surface area contributed by atoms with Gasteiger partial charge in [0, 0.05) is 35.8 Å². The summed E-state index contributed by atoms with van der Waals surface area (Å²) in [5, 5.41) is 6.69. The van der Waals surface area contributed by atoms with Gasteiger partial charge >= 0.3 is 0 Å². The van der Waals surface area contributed by atoms with E-state index in [1.165, 1.54) is 12.1 Å². The molecule has 7 heteroatoms. The van der Waals surface area contributed by atoms with Crippen molar-refractivity contribution >= 4 is 34.1 Å². The lowest BCUT2D eigenvalue weighted by Crippen LogP contribution is -2.20. The monoisotopic (exact) mass is 443 g/mol. The van der Waals surface area contributed by atoms with Crippen molar-refractivity contribution in [3.63, 3.8) is 0 Å². The molecule has 0 radical (unpaired) electrons. The summed E-state index contributed by atoms with van der Waals surface area (Å²) in [6.45, 7) is 0.389. The average molecular weight is 443 g/mol. The molecule has 166 valence electrons. The molecule has 1 aliphatic rings. The number of hydrogen-bond donors (Lipinski definition) is 2. The first kappa shape index (κ1) is 20.8. The van der Waals surface area contributed by atoms with Crippen LogP contribution in [-0.4, -0.2) is 23.5 Å². The summed E-state index contributed by atoms with van der Waals surface area (Å²) in [6, 6.07) is 19.2. The Morgan fingerprint density at radius 2 is 1.88 bits per heavy atom. The minimum Gasteiger partial charge on any atom is -0.497 e. The zero-order valence-corrected chi connectivity index (χ0v) is 18.0. The second-order valence-corrected chi connectivity index (χ2v) is 8.04. The van der Waals surface area contributed by atoms with Crippen LogP contribution in [0.4, 0.5) is 15.8 Å². The van der Waals surface area contributed by atoms with Crippen molar-refractivity contribution in [1.82, 2.24) is 4.57 Å². The van der Waals surface area contributed by atoms with Crippen molar-refractivity contribution in [3.8, 4) is 5.75 Å². The maximum absolute atomic E-state index is 13.4. The van der Waals surface area contributed by atoms with Crippen LogP contribution in [0.3, 0.4) is 0 Å². The highest BCUT2D eigenvalue weighted by molar-refractivity contribution is 6.07. The first-order valence-corrected chi connectivity index (χ1v) is 10.7. The van der Waals surface area contributed by atoms with Crippen molar-refractivity contribution in [1.29, 1.82) is 0 Å². The number of hydrogen-bond acceptors (Lipinski definition) is 3. The quantitative estimate of drug-likeness (QED) is 0.457. The largest absolute Gasteiger partial charge is 0.497 e. The van der Waals surface area contributed by atoms with Crippen LogP contribution in [0.25, 0.3) is 10.9 Å². The van der Waals surface area contributed by atoms with Gasteiger partial charge in [0.25, 0.3) is 5.91 Å². The molecular weight excluding hydrogens is 421 g/mol. The molecule has 1 aliphatic heterocycles. The number of methoxy groups -OCH3 is 1. The van der Waals surface area contributed by atoms with Crippen LogP contribution in [0.2, 0.25) is 0 Å². The first-order chi connectivity index (χ1) is 16.0. The number of halogens is 1. The average Bonchev–Trinajstić information content (AvgIpc) is 3.18. The summed E-state index contributed by atoms with van der Waals surface area (Å²) in [5.74, 6) is 0.0577. The molecule has 4 aromatic rings. The third-order valence-corrected chi connectivity index (χ3v) is 5.86. The van der Waals surface area contributed by atoms with Crippen molar-refractivity contribution in [2.75, 3.05) is 17.7 Å². The van der Waals surface area contributed by atoms with Crippen LogP contribution in [0.1, 0.15) is 28.0 Å². The Labute approximate surface area is 190 Å². The molecule has 2 amide bonds. The number of carbonyl (C=O) groups excluding carboxylic acids is 2. The second-order valence-electron chi connectivity index (χ2n) is 8.04. The van der Waals surface area contributed by atoms with E-state index in [-0.39, 0.29) is 17.6 Å². The topological polar surface area (TPSA) is 72.4 Å². The molecule has 33 heavy (non-hydrogen) atoms. The Morgan fingerprint density at radius 3 is 2.67 bits per heavy atom. The fourth-order valence-corrected chi connectivity index (χ4v) is 4.14. The van der Waals surface area contributed by atoms with Crippen LogP contribution in [0.5, 0.6) is 5.75 Å². The molecule has 0 spiro atoms. The Morgan fingerprint density at radius 1 is 1.06 bits per heavy atom. The van der Waals surface area contributed by atoms with Gasteiger partial charge < -0.3 is 19.9 Å². The van der Waals surface area contributed by atoms with Crippen molar-refractivity contribution in [2.24, 2.45) is 0 Å². The molecule has 6 nitrogen and oxygen atoms in total. The third-order valence-electron chi connectivity index (χ3n) is 5.86. The standard InChI is InChI=1S/C26H22FN3O3/c1-33-21-10-5-18-12-24(30(23(18)14-21)15-16-2-7-19(27)8-3-16)26(32)28-20-9-4-17-6-11-25(31)29-22(17)13-20/h2-5,7-10,12-14H,6,11,15H2,1H3,(H,28,32)(H,29,31). The smallest absolute Gasteiger partial charge is 0.272 e. The lowest BCUT2D eigenvalue weighted by atomic mass is 10.0. The second kappa shape index (κ2) is 8.43. The number of aryl methyl sites for hydroxylation is 1. The maximum Gasteiger partial charge on any atom is 0.272 e. The molecule has 2 heterocycles. The fourth-order valence-electron chi connectivity index (χ4n) is 4.14. The summed E-state index contributed by atoms with van der Waals surface area (Å²) in [6.07, 6.45) is 1.15. The zero-order valence-electron chi connectivity index (χ0n) is 18.0. The molecular formula is C26H22FN3O3. The number of benzene rings is 3. The van der Waals surface area contributed by atoms with Gasteiger partial charge in [-0.1, -0.05) is 18.2 Å². The number of aromatic nitrogens is 1. The highest BCUT2D eigenvalue weighted by atomic mass is 19.1. The van der Waals surface area contributed by atoms with E-state index in [0.717, 1.165) is 27.7 Å². The lowest BCUT2D eigenvalue weighted by molar-refractivity contribution is -0.116. The third kappa shape index (κ3) is 4.17. The molecule has 3 aromatic carbocycles. The number of anilines is 2. The van der Waals surface area contributed by atoms with Gasteiger partial charge in [-0.05, 0) is 60.0 Å². The van der Waals surface area contributed by atoms with E-state index in [0.29, 0.717) is 36.5 Å². The summed E-state index contributed by atoms with van der Waals surface area (Å²) in [4.78, 5) is 25.1. The van der Waals surface area contributed by atoms with E-state index in [1.807, 2.05) is 41.0 Å². The molecule has 0 bridgehead atoms. The Balaban J connectivity index is 1.51. The fraction of sp³-hybridized carbons (Fsp3) is 0.154. The van der Waals surface area contributed by atoms with Crippen molar-refractivity contribution in [2.45, 2.75) is 19.4 Å². The van der Waals surface area contributed by atoms with Gasteiger partial charge in [-0.2, -0.15) is 0 Å². The van der Waals surface area contributed by atoms with E-state index < -0.39 is 0 Å².